The lowest BCUT2D eigenvalue weighted by atomic mass is 10.0. The third-order valence-electron chi connectivity index (χ3n) is 4.47. The minimum Gasteiger partial charge on any atom is -0.394 e. The summed E-state index contributed by atoms with van der Waals surface area (Å²) in [4.78, 5) is 18.1. The lowest BCUT2D eigenvalue weighted by Gasteiger charge is -2.17. The first-order valence-electron chi connectivity index (χ1n) is 8.88. The Kier molecular flexibility index (Phi) is 6.31. The first-order valence-corrected chi connectivity index (χ1v) is 9.67. The van der Waals surface area contributed by atoms with Gasteiger partial charge < -0.3 is 20.3 Å². The molecule has 0 saturated carbocycles. The first-order chi connectivity index (χ1) is 13.0. The van der Waals surface area contributed by atoms with Crippen molar-refractivity contribution >= 4 is 32.7 Å². The first kappa shape index (κ1) is 19.6. The van der Waals surface area contributed by atoms with Gasteiger partial charge in [0.2, 0.25) is 0 Å². The molecule has 0 aliphatic rings. The number of halogens is 1. The molecule has 0 aliphatic carbocycles. The van der Waals surface area contributed by atoms with Crippen molar-refractivity contribution in [2.75, 3.05) is 20.7 Å². The second-order valence-electron chi connectivity index (χ2n) is 6.97. The summed E-state index contributed by atoms with van der Waals surface area (Å²) in [7, 11) is 3.98. The molecule has 0 fully saturated rings. The summed E-state index contributed by atoms with van der Waals surface area (Å²) in [6.45, 7) is 0.632. The van der Waals surface area contributed by atoms with Crippen LogP contribution in [-0.4, -0.2) is 47.6 Å². The molecule has 1 atom stereocenters. The Morgan fingerprint density at radius 3 is 2.78 bits per heavy atom. The number of aromatic nitrogens is 1. The number of H-pyrrole nitrogens is 1. The molecule has 3 N–H and O–H groups in total. The number of rotatable bonds is 7. The van der Waals surface area contributed by atoms with Crippen molar-refractivity contribution in [1.82, 2.24) is 15.2 Å². The van der Waals surface area contributed by atoms with Gasteiger partial charge in [-0.2, -0.15) is 0 Å². The van der Waals surface area contributed by atoms with E-state index in [0.29, 0.717) is 12.0 Å². The highest BCUT2D eigenvalue weighted by molar-refractivity contribution is 9.10. The van der Waals surface area contributed by atoms with Crippen LogP contribution in [-0.2, 0) is 13.0 Å². The highest BCUT2D eigenvalue weighted by Gasteiger charge is 2.18. The zero-order valence-corrected chi connectivity index (χ0v) is 17.1. The number of amides is 1. The highest BCUT2D eigenvalue weighted by Crippen LogP contribution is 2.21. The molecule has 0 aliphatic heterocycles. The second-order valence-corrected chi connectivity index (χ2v) is 7.82. The fourth-order valence-electron chi connectivity index (χ4n) is 3.20. The van der Waals surface area contributed by atoms with E-state index in [-0.39, 0.29) is 18.6 Å². The quantitative estimate of drug-likeness (QED) is 0.539. The van der Waals surface area contributed by atoms with Crippen LogP contribution in [0.4, 0.5) is 0 Å². The van der Waals surface area contributed by atoms with Gasteiger partial charge in [-0.05, 0) is 65.8 Å². The lowest BCUT2D eigenvalue weighted by Crippen LogP contribution is -2.39. The third-order valence-corrected chi connectivity index (χ3v) is 5.16. The zero-order valence-electron chi connectivity index (χ0n) is 15.5. The Hall–Kier alpha value is -2.15. The number of hydrogen-bond donors (Lipinski definition) is 3. The van der Waals surface area contributed by atoms with Crippen LogP contribution in [0.2, 0.25) is 0 Å². The van der Waals surface area contributed by atoms with Gasteiger partial charge in [0.15, 0.2) is 0 Å². The molecule has 2 aromatic carbocycles. The molecule has 5 nitrogen and oxygen atoms in total. The van der Waals surface area contributed by atoms with E-state index >= 15 is 0 Å². The smallest absolute Gasteiger partial charge is 0.252 e. The van der Waals surface area contributed by atoms with E-state index in [1.165, 1.54) is 0 Å². The fourth-order valence-corrected chi connectivity index (χ4v) is 3.63. The molecular weight excluding hydrogens is 406 g/mol. The monoisotopic (exact) mass is 429 g/mol. The normalized spacial score (nSPS) is 12.5. The number of aromatic amines is 1. The summed E-state index contributed by atoms with van der Waals surface area (Å²) in [6.07, 6.45) is 2.49. The number of carbonyl (C=O) groups excluding carboxylic acids is 1. The number of fused-ring (bicyclic) bond motifs is 1. The van der Waals surface area contributed by atoms with Gasteiger partial charge in [0, 0.05) is 28.1 Å². The molecule has 0 unspecified atom stereocenters. The molecule has 1 amide bonds. The van der Waals surface area contributed by atoms with Gasteiger partial charge in [-0.15, -0.1) is 0 Å². The molecule has 6 heteroatoms. The number of nitrogens with zero attached hydrogens (tertiary/aromatic N) is 1. The average Bonchev–Trinajstić information content (AvgIpc) is 3.05. The number of aliphatic hydroxyl groups excluding tert-OH is 1. The number of aliphatic hydroxyl groups is 1. The minimum atomic E-state index is -0.360. The predicted octanol–water partition coefficient (Wildman–Crippen LogP) is 3.33. The molecule has 3 aromatic rings. The van der Waals surface area contributed by atoms with E-state index in [4.69, 9.17) is 0 Å². The van der Waals surface area contributed by atoms with Gasteiger partial charge in [0.1, 0.15) is 0 Å². The molecule has 0 bridgehead atoms. The summed E-state index contributed by atoms with van der Waals surface area (Å²) in [5, 5.41) is 13.9. The van der Waals surface area contributed by atoms with E-state index in [1.54, 1.807) is 0 Å². The third kappa shape index (κ3) is 4.77. The van der Waals surface area contributed by atoms with Crippen molar-refractivity contribution in [2.24, 2.45) is 0 Å². The number of benzene rings is 2. The molecular formula is C21H24BrN3O2. The van der Waals surface area contributed by atoms with Gasteiger partial charge in [-0.1, -0.05) is 24.3 Å². The largest absolute Gasteiger partial charge is 0.394 e. The summed E-state index contributed by atoms with van der Waals surface area (Å²) in [6, 6.07) is 13.4. The highest BCUT2D eigenvalue weighted by atomic mass is 79.9. The van der Waals surface area contributed by atoms with Gasteiger partial charge in [0.25, 0.3) is 5.91 Å². The second kappa shape index (κ2) is 8.69. The van der Waals surface area contributed by atoms with Crippen molar-refractivity contribution in [3.05, 3.63) is 69.8 Å². The maximum Gasteiger partial charge on any atom is 0.252 e. The Labute approximate surface area is 167 Å². The summed E-state index contributed by atoms with van der Waals surface area (Å²) in [5.41, 5.74) is 3.76. The topological polar surface area (TPSA) is 68.4 Å². The number of nitrogens with one attached hydrogen (secondary N) is 2. The fraction of sp³-hybridized carbons (Fsp3) is 0.286. The van der Waals surface area contributed by atoms with Crippen molar-refractivity contribution in [3.8, 4) is 0 Å². The number of hydrogen-bond acceptors (Lipinski definition) is 3. The van der Waals surface area contributed by atoms with Gasteiger partial charge in [-0.25, -0.2) is 0 Å². The Morgan fingerprint density at radius 1 is 1.26 bits per heavy atom. The van der Waals surface area contributed by atoms with E-state index in [9.17, 15) is 9.90 Å². The van der Waals surface area contributed by atoms with Crippen LogP contribution >= 0.6 is 15.9 Å². The summed E-state index contributed by atoms with van der Waals surface area (Å²) >= 11 is 3.46. The van der Waals surface area contributed by atoms with E-state index in [1.807, 2.05) is 62.8 Å². The number of para-hydroxylation sites is 1. The standard InChI is InChI=1S/C21H24BrN3O2/c1-25(2)12-14-7-8-19(22)18(9-14)21(27)24-16(13-26)10-15-11-23-20-6-4-3-5-17(15)20/h3-9,11,16,23,26H,10,12-13H2,1-2H3,(H,24,27)/t16-/m1/s1. The molecule has 0 spiro atoms. The van der Waals surface area contributed by atoms with Gasteiger partial charge >= 0.3 is 0 Å². The maximum atomic E-state index is 12.8. The van der Waals surface area contributed by atoms with Crippen molar-refractivity contribution in [2.45, 2.75) is 19.0 Å². The maximum absolute atomic E-state index is 12.8. The molecule has 1 heterocycles. The molecule has 0 saturated heterocycles. The number of carbonyl (C=O) groups is 1. The summed E-state index contributed by atoms with van der Waals surface area (Å²) < 4.78 is 0.742. The van der Waals surface area contributed by atoms with Gasteiger partial charge in [0.05, 0.1) is 18.2 Å². The van der Waals surface area contributed by atoms with E-state index < -0.39 is 0 Å². The Balaban J connectivity index is 1.75. The van der Waals surface area contributed by atoms with Crippen molar-refractivity contribution < 1.29 is 9.90 Å². The lowest BCUT2D eigenvalue weighted by molar-refractivity contribution is 0.0915. The summed E-state index contributed by atoms with van der Waals surface area (Å²) in [5.74, 6) is -0.193. The van der Waals surface area contributed by atoms with Crippen LogP contribution in [0.1, 0.15) is 21.5 Å². The molecule has 27 heavy (non-hydrogen) atoms. The van der Waals surface area contributed by atoms with Gasteiger partial charge in [-0.3, -0.25) is 4.79 Å². The minimum absolute atomic E-state index is 0.125. The van der Waals surface area contributed by atoms with Crippen molar-refractivity contribution in [1.29, 1.82) is 0 Å². The van der Waals surface area contributed by atoms with Crippen LogP contribution in [0.3, 0.4) is 0 Å². The SMILES string of the molecule is CN(C)Cc1ccc(Br)c(C(=O)N[C@@H](CO)Cc2c[nH]c3ccccc23)c1. The van der Waals surface area contributed by atoms with Crippen LogP contribution in [0.5, 0.6) is 0 Å². The Bertz CT molecular complexity index is 936. The van der Waals surface area contributed by atoms with E-state index in [2.05, 4.69) is 31.1 Å². The average molecular weight is 430 g/mol. The molecule has 0 radical (unpaired) electrons. The van der Waals surface area contributed by atoms with E-state index in [0.717, 1.165) is 33.0 Å². The Morgan fingerprint density at radius 2 is 2.04 bits per heavy atom. The van der Waals surface area contributed by atoms with Crippen LogP contribution in [0, 0.1) is 0 Å². The van der Waals surface area contributed by atoms with Crippen LogP contribution < -0.4 is 5.32 Å². The van der Waals surface area contributed by atoms with Crippen LogP contribution in [0.25, 0.3) is 10.9 Å². The molecule has 1 aromatic heterocycles. The van der Waals surface area contributed by atoms with Crippen LogP contribution in [0.15, 0.2) is 53.1 Å². The van der Waals surface area contributed by atoms with Crippen molar-refractivity contribution in [3.63, 3.8) is 0 Å². The zero-order chi connectivity index (χ0) is 19.4. The molecule has 142 valence electrons. The molecule has 3 rings (SSSR count). The predicted molar refractivity (Wildman–Crippen MR) is 112 cm³/mol.